The van der Waals surface area contributed by atoms with E-state index >= 15 is 0 Å². The van der Waals surface area contributed by atoms with Gasteiger partial charge in [-0.3, -0.25) is 0 Å². The molecule has 1 aliphatic carbocycles. The molecule has 0 amide bonds. The molecule has 0 spiro atoms. The lowest BCUT2D eigenvalue weighted by atomic mass is 10.0. The van der Waals surface area contributed by atoms with Crippen molar-refractivity contribution in [1.29, 1.82) is 0 Å². The second-order valence-corrected chi connectivity index (χ2v) is 5.91. The standard InChI is InChI=1S/C12H14ClNO2S/c13-10-7-14-11(6-9(10)12(15)16)17-8-4-2-1-3-5-8/h6-8H,1-5H2,(H,15,16). The third kappa shape index (κ3) is 3.36. The minimum absolute atomic E-state index is 0.139. The number of thioether (sulfide) groups is 1. The summed E-state index contributed by atoms with van der Waals surface area (Å²) in [7, 11) is 0. The molecule has 17 heavy (non-hydrogen) atoms. The predicted octanol–water partition coefficient (Wildman–Crippen LogP) is 3.86. The molecule has 1 aromatic heterocycles. The number of carboxylic acids is 1. The maximum Gasteiger partial charge on any atom is 0.337 e. The Kier molecular flexibility index (Phi) is 4.29. The van der Waals surface area contributed by atoms with Crippen molar-refractivity contribution < 1.29 is 9.90 Å². The van der Waals surface area contributed by atoms with Crippen molar-refractivity contribution >= 4 is 29.3 Å². The van der Waals surface area contributed by atoms with Crippen molar-refractivity contribution in [3.8, 4) is 0 Å². The molecular formula is C12H14ClNO2S. The summed E-state index contributed by atoms with van der Waals surface area (Å²) < 4.78 is 0. The Morgan fingerprint density at radius 1 is 1.41 bits per heavy atom. The van der Waals surface area contributed by atoms with Crippen LogP contribution in [0.1, 0.15) is 42.5 Å². The molecule has 1 aliphatic rings. The largest absolute Gasteiger partial charge is 0.478 e. The van der Waals surface area contributed by atoms with E-state index in [-0.39, 0.29) is 10.6 Å². The molecule has 1 N–H and O–H groups in total. The minimum atomic E-state index is -0.997. The molecule has 0 unspecified atom stereocenters. The van der Waals surface area contributed by atoms with E-state index in [2.05, 4.69) is 4.98 Å². The first-order chi connectivity index (χ1) is 8.16. The molecule has 0 saturated heterocycles. The van der Waals surface area contributed by atoms with E-state index in [1.165, 1.54) is 38.3 Å². The van der Waals surface area contributed by atoms with E-state index < -0.39 is 5.97 Å². The SMILES string of the molecule is O=C(O)c1cc(SC2CCCCC2)ncc1Cl. The van der Waals surface area contributed by atoms with Gasteiger partial charge in [-0.2, -0.15) is 0 Å². The van der Waals surface area contributed by atoms with E-state index in [4.69, 9.17) is 16.7 Å². The van der Waals surface area contributed by atoms with Gasteiger partial charge in [0.2, 0.25) is 0 Å². The zero-order chi connectivity index (χ0) is 12.3. The van der Waals surface area contributed by atoms with Crippen molar-refractivity contribution in [3.63, 3.8) is 0 Å². The normalized spacial score (nSPS) is 17.0. The topological polar surface area (TPSA) is 50.2 Å². The van der Waals surface area contributed by atoms with Crippen LogP contribution >= 0.6 is 23.4 Å². The number of carbonyl (C=O) groups is 1. The molecule has 3 nitrogen and oxygen atoms in total. The maximum absolute atomic E-state index is 10.9. The van der Waals surface area contributed by atoms with Crippen molar-refractivity contribution in [2.45, 2.75) is 42.4 Å². The third-order valence-corrected chi connectivity index (χ3v) is 4.47. The Bertz CT molecular complexity index is 419. The quantitative estimate of drug-likeness (QED) is 0.907. The summed E-state index contributed by atoms with van der Waals surface area (Å²) in [5.41, 5.74) is 0.139. The van der Waals surface area contributed by atoms with Crippen molar-refractivity contribution in [1.82, 2.24) is 4.98 Å². The van der Waals surface area contributed by atoms with Crippen LogP contribution in [0.15, 0.2) is 17.3 Å². The van der Waals surface area contributed by atoms with Crippen LogP contribution in [0.2, 0.25) is 5.02 Å². The summed E-state index contributed by atoms with van der Waals surface area (Å²) in [6, 6.07) is 1.57. The second-order valence-electron chi connectivity index (χ2n) is 4.19. The van der Waals surface area contributed by atoms with Gasteiger partial charge in [-0.25, -0.2) is 9.78 Å². The molecule has 0 atom stereocenters. The van der Waals surface area contributed by atoms with E-state index in [0.29, 0.717) is 5.25 Å². The Hall–Kier alpha value is -0.740. The number of aromatic carboxylic acids is 1. The highest BCUT2D eigenvalue weighted by Gasteiger charge is 2.17. The highest BCUT2D eigenvalue weighted by molar-refractivity contribution is 7.99. The molecule has 5 heteroatoms. The predicted molar refractivity (Wildman–Crippen MR) is 68.9 cm³/mol. The second kappa shape index (κ2) is 5.74. The van der Waals surface area contributed by atoms with Crippen LogP contribution in [-0.4, -0.2) is 21.3 Å². The van der Waals surface area contributed by atoms with Crippen LogP contribution in [0.5, 0.6) is 0 Å². The smallest absolute Gasteiger partial charge is 0.337 e. The highest BCUT2D eigenvalue weighted by atomic mass is 35.5. The fourth-order valence-corrected chi connectivity index (χ4v) is 3.40. The lowest BCUT2D eigenvalue weighted by molar-refractivity contribution is 0.0696. The van der Waals surface area contributed by atoms with Gasteiger partial charge < -0.3 is 5.11 Å². The number of pyridine rings is 1. The molecule has 92 valence electrons. The fourth-order valence-electron chi connectivity index (χ4n) is 2.00. The average Bonchev–Trinajstić information content (AvgIpc) is 2.32. The van der Waals surface area contributed by atoms with Crippen LogP contribution in [0.25, 0.3) is 0 Å². The lowest BCUT2D eigenvalue weighted by Crippen LogP contribution is -2.08. The van der Waals surface area contributed by atoms with Gasteiger partial charge in [-0.1, -0.05) is 30.9 Å². The molecule has 0 aromatic carbocycles. The number of aromatic nitrogens is 1. The summed E-state index contributed by atoms with van der Waals surface area (Å²) >= 11 is 7.45. The fraction of sp³-hybridized carbons (Fsp3) is 0.500. The van der Waals surface area contributed by atoms with E-state index in [9.17, 15) is 4.79 Å². The number of rotatable bonds is 3. The van der Waals surface area contributed by atoms with Crippen molar-refractivity contribution in [3.05, 3.63) is 22.8 Å². The van der Waals surface area contributed by atoms with Crippen molar-refractivity contribution in [2.24, 2.45) is 0 Å². The van der Waals surface area contributed by atoms with Gasteiger partial charge in [0.15, 0.2) is 0 Å². The minimum Gasteiger partial charge on any atom is -0.478 e. The van der Waals surface area contributed by atoms with Gasteiger partial charge in [-0.15, -0.1) is 11.8 Å². The average molecular weight is 272 g/mol. The molecule has 0 bridgehead atoms. The van der Waals surface area contributed by atoms with Gasteiger partial charge in [0.1, 0.15) is 0 Å². The van der Waals surface area contributed by atoms with Gasteiger partial charge >= 0.3 is 5.97 Å². The summed E-state index contributed by atoms with van der Waals surface area (Å²) in [6.45, 7) is 0. The number of carboxylic acid groups (broad SMARTS) is 1. The highest BCUT2D eigenvalue weighted by Crippen LogP contribution is 2.33. The van der Waals surface area contributed by atoms with Crippen molar-refractivity contribution in [2.75, 3.05) is 0 Å². The summed E-state index contributed by atoms with van der Waals surface area (Å²) in [5, 5.41) is 10.5. The first-order valence-corrected chi connectivity index (χ1v) is 6.98. The van der Waals surface area contributed by atoms with E-state index in [0.717, 1.165) is 5.03 Å². The molecule has 1 fully saturated rings. The van der Waals surface area contributed by atoms with Crippen LogP contribution in [0.4, 0.5) is 0 Å². The Labute approximate surface area is 110 Å². The molecule has 2 rings (SSSR count). The van der Waals surface area contributed by atoms with Gasteiger partial charge in [-0.05, 0) is 18.9 Å². The zero-order valence-electron chi connectivity index (χ0n) is 9.36. The Morgan fingerprint density at radius 2 is 2.12 bits per heavy atom. The van der Waals surface area contributed by atoms with Gasteiger partial charge in [0, 0.05) is 11.4 Å². The maximum atomic E-state index is 10.9. The van der Waals surface area contributed by atoms with Crippen LogP contribution in [0, 0.1) is 0 Å². The number of hydrogen-bond donors (Lipinski definition) is 1. The molecule has 1 saturated carbocycles. The molecule has 1 aromatic rings. The molecule has 0 aliphatic heterocycles. The van der Waals surface area contributed by atoms with E-state index in [1.807, 2.05) is 0 Å². The molecule has 0 radical (unpaired) electrons. The third-order valence-electron chi connectivity index (χ3n) is 2.90. The first kappa shape index (κ1) is 12.7. The summed E-state index contributed by atoms with van der Waals surface area (Å²) in [6.07, 6.45) is 7.64. The summed E-state index contributed by atoms with van der Waals surface area (Å²) in [4.78, 5) is 15.1. The number of halogens is 1. The Morgan fingerprint density at radius 3 is 2.76 bits per heavy atom. The summed E-state index contributed by atoms with van der Waals surface area (Å²) in [5.74, 6) is -0.997. The van der Waals surface area contributed by atoms with Gasteiger partial charge in [0.05, 0.1) is 15.6 Å². The van der Waals surface area contributed by atoms with Crippen LogP contribution in [0.3, 0.4) is 0 Å². The van der Waals surface area contributed by atoms with Crippen LogP contribution in [-0.2, 0) is 0 Å². The monoisotopic (exact) mass is 271 g/mol. The molecule has 1 heterocycles. The number of nitrogens with zero attached hydrogens (tertiary/aromatic N) is 1. The lowest BCUT2D eigenvalue weighted by Gasteiger charge is -2.20. The number of hydrogen-bond acceptors (Lipinski definition) is 3. The van der Waals surface area contributed by atoms with Crippen LogP contribution < -0.4 is 0 Å². The Balaban J connectivity index is 2.10. The van der Waals surface area contributed by atoms with Gasteiger partial charge in [0.25, 0.3) is 0 Å². The first-order valence-electron chi connectivity index (χ1n) is 5.72. The van der Waals surface area contributed by atoms with E-state index in [1.54, 1.807) is 17.8 Å². The molecular weight excluding hydrogens is 258 g/mol. The zero-order valence-corrected chi connectivity index (χ0v) is 10.9.